The van der Waals surface area contributed by atoms with E-state index in [2.05, 4.69) is 11.9 Å². The van der Waals surface area contributed by atoms with Crippen molar-refractivity contribution in [2.45, 2.75) is 57.4 Å². The molecule has 2 N–H and O–H groups in total. The first kappa shape index (κ1) is 14.3. The zero-order chi connectivity index (χ0) is 12.8. The second kappa shape index (κ2) is 6.88. The number of nitrogens with two attached hydrogens (primary N) is 1. The third kappa shape index (κ3) is 3.69. The molecule has 2 rings (SSSR count). The largest absolute Gasteiger partial charge is 0.381 e. The maximum Gasteiger partial charge on any atom is 0.0480 e. The summed E-state index contributed by atoms with van der Waals surface area (Å²) in [6.45, 7) is 3.92. The van der Waals surface area contributed by atoms with Gasteiger partial charge in [0.2, 0.25) is 0 Å². The van der Waals surface area contributed by atoms with Crippen molar-refractivity contribution < 1.29 is 4.74 Å². The van der Waals surface area contributed by atoms with E-state index in [0.29, 0.717) is 11.5 Å². The Balaban J connectivity index is 1.90. The third-order valence-electron chi connectivity index (χ3n) is 5.00. The summed E-state index contributed by atoms with van der Waals surface area (Å²) in [4.78, 5) is 2.57. The van der Waals surface area contributed by atoms with Crippen molar-refractivity contribution in [2.75, 3.05) is 33.4 Å². The summed E-state index contributed by atoms with van der Waals surface area (Å²) >= 11 is 0. The van der Waals surface area contributed by atoms with Gasteiger partial charge in [0.1, 0.15) is 0 Å². The Morgan fingerprint density at radius 1 is 1.11 bits per heavy atom. The SMILES string of the molecule is CN(CC1(CN)CCCCCC1)C1CCOCC1. The molecule has 106 valence electrons. The highest BCUT2D eigenvalue weighted by Gasteiger charge is 2.32. The van der Waals surface area contributed by atoms with Crippen LogP contribution in [0.4, 0.5) is 0 Å². The summed E-state index contributed by atoms with van der Waals surface area (Å²) in [7, 11) is 2.29. The fourth-order valence-corrected chi connectivity index (χ4v) is 3.69. The van der Waals surface area contributed by atoms with Crippen LogP contribution in [0.5, 0.6) is 0 Å². The Morgan fingerprint density at radius 3 is 2.28 bits per heavy atom. The van der Waals surface area contributed by atoms with Crippen LogP contribution in [0, 0.1) is 5.41 Å². The summed E-state index contributed by atoms with van der Waals surface area (Å²) < 4.78 is 5.46. The average Bonchev–Trinajstić information content (AvgIpc) is 2.66. The molecule has 0 radical (unpaired) electrons. The summed E-state index contributed by atoms with van der Waals surface area (Å²) in [6.07, 6.45) is 10.6. The zero-order valence-corrected chi connectivity index (χ0v) is 12.0. The lowest BCUT2D eigenvalue weighted by atomic mass is 9.79. The molecule has 3 nitrogen and oxygen atoms in total. The molecule has 0 aromatic heterocycles. The van der Waals surface area contributed by atoms with Gasteiger partial charge in [0.15, 0.2) is 0 Å². The van der Waals surface area contributed by atoms with Crippen LogP contribution in [-0.4, -0.2) is 44.3 Å². The lowest BCUT2D eigenvalue weighted by molar-refractivity contribution is 0.0255. The van der Waals surface area contributed by atoms with Crippen LogP contribution in [0.15, 0.2) is 0 Å². The van der Waals surface area contributed by atoms with Gasteiger partial charge in [0.05, 0.1) is 0 Å². The molecule has 0 spiro atoms. The number of rotatable bonds is 4. The molecule has 0 atom stereocenters. The van der Waals surface area contributed by atoms with Gasteiger partial charge in [0.25, 0.3) is 0 Å². The quantitative estimate of drug-likeness (QED) is 0.783. The van der Waals surface area contributed by atoms with Crippen molar-refractivity contribution in [3.63, 3.8) is 0 Å². The van der Waals surface area contributed by atoms with Crippen molar-refractivity contribution in [1.82, 2.24) is 4.90 Å². The number of ether oxygens (including phenoxy) is 1. The second-order valence-corrected chi connectivity index (χ2v) is 6.38. The molecule has 0 unspecified atom stereocenters. The molecule has 18 heavy (non-hydrogen) atoms. The zero-order valence-electron chi connectivity index (χ0n) is 12.0. The van der Waals surface area contributed by atoms with Crippen LogP contribution in [0.3, 0.4) is 0 Å². The minimum absolute atomic E-state index is 0.392. The van der Waals surface area contributed by atoms with Gasteiger partial charge in [-0.05, 0) is 44.7 Å². The maximum absolute atomic E-state index is 6.13. The molecular weight excluding hydrogens is 224 g/mol. The van der Waals surface area contributed by atoms with E-state index in [1.165, 1.54) is 57.9 Å². The predicted molar refractivity (Wildman–Crippen MR) is 75.7 cm³/mol. The highest BCUT2D eigenvalue weighted by Crippen LogP contribution is 2.35. The van der Waals surface area contributed by atoms with Gasteiger partial charge in [-0.2, -0.15) is 0 Å². The van der Waals surface area contributed by atoms with Crippen LogP contribution >= 0.6 is 0 Å². The molecule has 0 bridgehead atoms. The van der Waals surface area contributed by atoms with E-state index >= 15 is 0 Å². The molecule has 0 aromatic rings. The first-order chi connectivity index (χ1) is 8.76. The van der Waals surface area contributed by atoms with Gasteiger partial charge < -0.3 is 15.4 Å². The van der Waals surface area contributed by atoms with E-state index in [4.69, 9.17) is 10.5 Å². The summed E-state index contributed by atoms with van der Waals surface area (Å²) in [6, 6.07) is 0.713. The molecule has 2 fully saturated rings. The van der Waals surface area contributed by atoms with Crippen molar-refractivity contribution in [3.8, 4) is 0 Å². The van der Waals surface area contributed by atoms with Gasteiger partial charge >= 0.3 is 0 Å². The molecular formula is C15H30N2O. The Morgan fingerprint density at radius 2 is 1.72 bits per heavy atom. The van der Waals surface area contributed by atoms with Crippen LogP contribution in [-0.2, 0) is 4.74 Å². The summed E-state index contributed by atoms with van der Waals surface area (Å²) in [5.74, 6) is 0. The molecule has 0 aromatic carbocycles. The van der Waals surface area contributed by atoms with Gasteiger partial charge in [-0.15, -0.1) is 0 Å². The predicted octanol–water partition coefficient (Wildman–Crippen LogP) is 2.40. The summed E-state index contributed by atoms with van der Waals surface area (Å²) in [5.41, 5.74) is 6.53. The van der Waals surface area contributed by atoms with Gasteiger partial charge in [0, 0.05) is 25.8 Å². The number of nitrogens with zero attached hydrogens (tertiary/aromatic N) is 1. The molecule has 1 aliphatic heterocycles. The lowest BCUT2D eigenvalue weighted by Crippen LogP contribution is -2.46. The monoisotopic (exact) mass is 254 g/mol. The van der Waals surface area contributed by atoms with E-state index < -0.39 is 0 Å². The smallest absolute Gasteiger partial charge is 0.0480 e. The van der Waals surface area contributed by atoms with Crippen LogP contribution < -0.4 is 5.73 Å². The standard InChI is InChI=1S/C15H30N2O/c1-17(14-6-10-18-11-7-14)13-15(12-16)8-4-2-3-5-9-15/h14H,2-13,16H2,1H3. The first-order valence-corrected chi connectivity index (χ1v) is 7.74. The van der Waals surface area contributed by atoms with Gasteiger partial charge in [-0.3, -0.25) is 0 Å². The number of hydrogen-bond donors (Lipinski definition) is 1. The Bertz CT molecular complexity index is 231. The first-order valence-electron chi connectivity index (χ1n) is 7.74. The fourth-order valence-electron chi connectivity index (χ4n) is 3.69. The number of hydrogen-bond acceptors (Lipinski definition) is 3. The lowest BCUT2D eigenvalue weighted by Gasteiger charge is -2.40. The second-order valence-electron chi connectivity index (χ2n) is 6.38. The highest BCUT2D eigenvalue weighted by atomic mass is 16.5. The van der Waals surface area contributed by atoms with Crippen LogP contribution in [0.2, 0.25) is 0 Å². The third-order valence-corrected chi connectivity index (χ3v) is 5.00. The van der Waals surface area contributed by atoms with Crippen molar-refractivity contribution in [2.24, 2.45) is 11.1 Å². The van der Waals surface area contributed by atoms with Crippen molar-refractivity contribution >= 4 is 0 Å². The van der Waals surface area contributed by atoms with Crippen LogP contribution in [0.1, 0.15) is 51.4 Å². The molecule has 0 amide bonds. The van der Waals surface area contributed by atoms with E-state index in [-0.39, 0.29) is 0 Å². The maximum atomic E-state index is 6.13. The molecule has 1 aliphatic carbocycles. The molecule has 1 saturated carbocycles. The van der Waals surface area contributed by atoms with E-state index in [9.17, 15) is 0 Å². The Labute approximate surface area is 112 Å². The molecule has 1 saturated heterocycles. The van der Waals surface area contributed by atoms with E-state index in [0.717, 1.165) is 19.8 Å². The average molecular weight is 254 g/mol. The van der Waals surface area contributed by atoms with Gasteiger partial charge in [-0.1, -0.05) is 25.7 Å². The van der Waals surface area contributed by atoms with E-state index in [1.54, 1.807) is 0 Å². The minimum atomic E-state index is 0.392. The van der Waals surface area contributed by atoms with Crippen molar-refractivity contribution in [1.29, 1.82) is 0 Å². The normalized spacial score (nSPS) is 26.2. The van der Waals surface area contributed by atoms with Gasteiger partial charge in [-0.25, -0.2) is 0 Å². The van der Waals surface area contributed by atoms with Crippen molar-refractivity contribution in [3.05, 3.63) is 0 Å². The van der Waals surface area contributed by atoms with E-state index in [1.807, 2.05) is 0 Å². The Kier molecular flexibility index (Phi) is 5.46. The van der Waals surface area contributed by atoms with Crippen LogP contribution in [0.25, 0.3) is 0 Å². The highest BCUT2D eigenvalue weighted by molar-refractivity contribution is 4.87. The fraction of sp³-hybridized carbons (Fsp3) is 1.00. The minimum Gasteiger partial charge on any atom is -0.381 e. The molecule has 3 heteroatoms. The summed E-state index contributed by atoms with van der Waals surface area (Å²) in [5, 5.41) is 0. The topological polar surface area (TPSA) is 38.5 Å². The Hall–Kier alpha value is -0.120. The molecule has 2 aliphatic rings. The molecule has 1 heterocycles.